The van der Waals surface area contributed by atoms with E-state index in [9.17, 15) is 4.79 Å². The van der Waals surface area contributed by atoms with Crippen LogP contribution in [-0.2, 0) is 4.79 Å². The highest BCUT2D eigenvalue weighted by atomic mass is 16.1. The van der Waals surface area contributed by atoms with Crippen molar-refractivity contribution in [3.05, 3.63) is 0 Å². The third-order valence-corrected chi connectivity index (χ3v) is 4.15. The molecule has 2 saturated carbocycles. The van der Waals surface area contributed by atoms with Crippen LogP contribution in [0.2, 0.25) is 0 Å². The van der Waals surface area contributed by atoms with E-state index in [0.29, 0.717) is 17.6 Å². The maximum absolute atomic E-state index is 11.8. The summed E-state index contributed by atoms with van der Waals surface area (Å²) in [5.74, 6) is 1.80. The molecule has 2 aliphatic rings. The smallest absolute Gasteiger partial charge is 0.144 e. The minimum absolute atomic E-state index is 0.0440. The summed E-state index contributed by atoms with van der Waals surface area (Å²) in [4.78, 5) is 11.8. The topological polar surface area (TPSA) is 17.1 Å². The minimum Gasteiger partial charge on any atom is -0.298 e. The first-order valence-electron chi connectivity index (χ1n) is 4.45. The third kappa shape index (κ3) is 0.605. The van der Waals surface area contributed by atoms with Crippen molar-refractivity contribution in [3.63, 3.8) is 0 Å². The monoisotopic (exact) mass is 152 g/mol. The van der Waals surface area contributed by atoms with Gasteiger partial charge >= 0.3 is 0 Å². The van der Waals surface area contributed by atoms with Gasteiger partial charge in [0.05, 0.1) is 0 Å². The van der Waals surface area contributed by atoms with Crippen LogP contribution in [0, 0.1) is 22.7 Å². The van der Waals surface area contributed by atoms with Crippen molar-refractivity contribution in [2.45, 2.75) is 34.1 Å². The average Bonchev–Trinajstić information content (AvgIpc) is 2.56. The second-order valence-electron chi connectivity index (χ2n) is 5.07. The van der Waals surface area contributed by atoms with Gasteiger partial charge < -0.3 is 0 Å². The van der Waals surface area contributed by atoms with E-state index in [1.165, 1.54) is 0 Å². The number of carbonyl (C=O) groups is 1. The Bertz CT molecular complexity index is 229. The Labute approximate surface area is 68.2 Å². The Morgan fingerprint density at radius 2 is 1.91 bits per heavy atom. The Hall–Kier alpha value is -0.330. The maximum atomic E-state index is 11.8. The molecule has 3 atom stereocenters. The van der Waals surface area contributed by atoms with Crippen molar-refractivity contribution in [2.75, 3.05) is 0 Å². The fraction of sp³-hybridized carbons (Fsp3) is 0.900. The fourth-order valence-electron chi connectivity index (χ4n) is 2.83. The number of fused-ring (bicyclic) bond motifs is 1. The normalized spacial score (nSPS) is 52.5. The van der Waals surface area contributed by atoms with Crippen LogP contribution in [0.25, 0.3) is 0 Å². The summed E-state index contributed by atoms with van der Waals surface area (Å²) in [5.41, 5.74) is 0.0422. The van der Waals surface area contributed by atoms with E-state index in [1.54, 1.807) is 0 Å². The molecule has 0 aromatic carbocycles. The zero-order valence-corrected chi connectivity index (χ0v) is 7.77. The summed E-state index contributed by atoms with van der Waals surface area (Å²) in [5, 5.41) is 0. The lowest BCUT2D eigenvalue weighted by Gasteiger charge is -2.25. The summed E-state index contributed by atoms with van der Waals surface area (Å²) in [6.07, 6.45) is 1.15. The predicted octanol–water partition coefficient (Wildman–Crippen LogP) is 2.26. The molecule has 0 bridgehead atoms. The third-order valence-electron chi connectivity index (χ3n) is 4.15. The molecule has 0 radical (unpaired) electrons. The molecule has 1 heteroatoms. The van der Waals surface area contributed by atoms with Crippen molar-refractivity contribution in [3.8, 4) is 0 Å². The van der Waals surface area contributed by atoms with E-state index in [4.69, 9.17) is 0 Å². The summed E-state index contributed by atoms with van der Waals surface area (Å²) in [6, 6.07) is 0. The van der Waals surface area contributed by atoms with Gasteiger partial charge in [0.15, 0.2) is 0 Å². The second-order valence-corrected chi connectivity index (χ2v) is 5.07. The van der Waals surface area contributed by atoms with E-state index in [-0.39, 0.29) is 10.8 Å². The van der Waals surface area contributed by atoms with E-state index in [2.05, 4.69) is 27.7 Å². The Balaban J connectivity index is 2.40. The summed E-state index contributed by atoms with van der Waals surface area (Å²) in [6.45, 7) is 8.54. The van der Waals surface area contributed by atoms with Crippen LogP contribution in [0.4, 0.5) is 0 Å². The first-order chi connectivity index (χ1) is 4.90. The quantitative estimate of drug-likeness (QED) is 0.520. The van der Waals surface area contributed by atoms with Crippen LogP contribution in [0.1, 0.15) is 34.1 Å². The van der Waals surface area contributed by atoms with Gasteiger partial charge in [-0.15, -0.1) is 0 Å². The molecule has 3 unspecified atom stereocenters. The number of hydrogen-bond acceptors (Lipinski definition) is 1. The molecule has 2 rings (SSSR count). The van der Waals surface area contributed by atoms with Crippen LogP contribution in [0.15, 0.2) is 0 Å². The van der Waals surface area contributed by atoms with Crippen LogP contribution < -0.4 is 0 Å². The van der Waals surface area contributed by atoms with Crippen molar-refractivity contribution >= 4 is 5.78 Å². The number of carbonyl (C=O) groups excluding carboxylic acids is 1. The highest BCUT2D eigenvalue weighted by Crippen LogP contribution is 2.69. The van der Waals surface area contributed by atoms with Gasteiger partial charge in [-0.1, -0.05) is 27.7 Å². The first-order valence-corrected chi connectivity index (χ1v) is 4.45. The lowest BCUT2D eigenvalue weighted by Crippen LogP contribution is -2.29. The summed E-state index contributed by atoms with van der Waals surface area (Å²) >= 11 is 0. The Morgan fingerprint density at radius 1 is 1.36 bits per heavy atom. The molecule has 0 aromatic heterocycles. The van der Waals surface area contributed by atoms with E-state index in [1.807, 2.05) is 0 Å². The SMILES string of the molecule is CC1C2CC2(C)C(=O)C1(C)C. The zero-order chi connectivity index (χ0) is 8.44. The van der Waals surface area contributed by atoms with Gasteiger partial charge in [-0.25, -0.2) is 0 Å². The molecule has 62 valence electrons. The Kier molecular flexibility index (Phi) is 1.03. The van der Waals surface area contributed by atoms with Gasteiger partial charge in [0, 0.05) is 10.8 Å². The number of Topliss-reactive ketones (excluding diaryl/α,β-unsaturated/α-hetero) is 1. The number of ketones is 1. The Morgan fingerprint density at radius 3 is 2.09 bits per heavy atom. The largest absolute Gasteiger partial charge is 0.298 e. The molecule has 2 fully saturated rings. The van der Waals surface area contributed by atoms with Gasteiger partial charge in [0.25, 0.3) is 0 Å². The highest BCUT2D eigenvalue weighted by Gasteiger charge is 2.69. The van der Waals surface area contributed by atoms with Crippen molar-refractivity contribution in [2.24, 2.45) is 22.7 Å². The summed E-state index contributed by atoms with van der Waals surface area (Å²) < 4.78 is 0. The van der Waals surface area contributed by atoms with Crippen molar-refractivity contribution < 1.29 is 4.79 Å². The minimum atomic E-state index is -0.0440. The predicted molar refractivity (Wildman–Crippen MR) is 44.2 cm³/mol. The highest BCUT2D eigenvalue weighted by molar-refractivity contribution is 5.95. The van der Waals surface area contributed by atoms with Gasteiger partial charge in [0.2, 0.25) is 0 Å². The lowest BCUT2D eigenvalue weighted by atomic mass is 9.77. The van der Waals surface area contributed by atoms with Crippen LogP contribution in [0.3, 0.4) is 0 Å². The van der Waals surface area contributed by atoms with Crippen LogP contribution in [0.5, 0.6) is 0 Å². The molecular weight excluding hydrogens is 136 g/mol. The molecule has 0 saturated heterocycles. The van der Waals surface area contributed by atoms with Crippen molar-refractivity contribution in [1.82, 2.24) is 0 Å². The lowest BCUT2D eigenvalue weighted by molar-refractivity contribution is -0.130. The van der Waals surface area contributed by atoms with E-state index < -0.39 is 0 Å². The molecule has 0 aliphatic heterocycles. The van der Waals surface area contributed by atoms with Crippen LogP contribution >= 0.6 is 0 Å². The molecular formula is C10H16O. The first kappa shape index (κ1) is 7.33. The molecule has 0 heterocycles. The van der Waals surface area contributed by atoms with Gasteiger partial charge in [0.1, 0.15) is 5.78 Å². The molecule has 0 spiro atoms. The molecule has 11 heavy (non-hydrogen) atoms. The fourth-order valence-corrected chi connectivity index (χ4v) is 2.83. The molecule has 0 aromatic rings. The van der Waals surface area contributed by atoms with E-state index >= 15 is 0 Å². The van der Waals surface area contributed by atoms with E-state index in [0.717, 1.165) is 6.42 Å². The van der Waals surface area contributed by atoms with Crippen LogP contribution in [-0.4, -0.2) is 5.78 Å². The average molecular weight is 152 g/mol. The van der Waals surface area contributed by atoms with Gasteiger partial charge in [-0.05, 0) is 18.3 Å². The maximum Gasteiger partial charge on any atom is 0.144 e. The van der Waals surface area contributed by atoms with Crippen molar-refractivity contribution in [1.29, 1.82) is 0 Å². The second kappa shape index (κ2) is 1.55. The molecule has 0 N–H and O–H groups in total. The van der Waals surface area contributed by atoms with Gasteiger partial charge in [-0.3, -0.25) is 4.79 Å². The number of hydrogen-bond donors (Lipinski definition) is 0. The van der Waals surface area contributed by atoms with Gasteiger partial charge in [-0.2, -0.15) is 0 Å². The zero-order valence-electron chi connectivity index (χ0n) is 7.77. The standard InChI is InChI=1S/C10H16O/c1-6-7-5-10(7,4)8(11)9(6,2)3/h6-7H,5H2,1-4H3. The molecule has 1 nitrogen and oxygen atoms in total. The summed E-state index contributed by atoms with van der Waals surface area (Å²) in [7, 11) is 0. The molecule has 0 amide bonds. The molecule has 2 aliphatic carbocycles. The number of rotatable bonds is 0.